The third kappa shape index (κ3) is 1.97. The predicted molar refractivity (Wildman–Crippen MR) is 73.7 cm³/mol. The van der Waals surface area contributed by atoms with E-state index in [4.69, 9.17) is 0 Å². The van der Waals surface area contributed by atoms with Crippen molar-refractivity contribution in [2.45, 2.75) is 13.8 Å². The van der Waals surface area contributed by atoms with Crippen LogP contribution in [-0.4, -0.2) is 39.5 Å². The summed E-state index contributed by atoms with van der Waals surface area (Å²) in [4.78, 5) is 8.90. The van der Waals surface area contributed by atoms with Crippen LogP contribution in [0.5, 0.6) is 0 Å². The standard InChI is InChI=1S/C14H12N2.Na.H/c1-9-5-7-15-13-11(9)3-4-12-10(2)6-8-16-14(12)13;;/h3-8H,1-2H3;;. The number of fused-ring (bicyclic) bond motifs is 3. The van der Waals surface area contributed by atoms with Crippen LogP contribution in [0.2, 0.25) is 0 Å². The molecule has 0 amide bonds. The minimum absolute atomic E-state index is 0. The number of rotatable bonds is 0. The number of nitrogens with zero attached hydrogens (tertiary/aromatic N) is 2. The van der Waals surface area contributed by atoms with Crippen molar-refractivity contribution in [3.05, 3.63) is 47.8 Å². The van der Waals surface area contributed by atoms with Crippen LogP contribution in [0.25, 0.3) is 21.8 Å². The van der Waals surface area contributed by atoms with E-state index in [1.165, 1.54) is 21.9 Å². The molecule has 2 nitrogen and oxygen atoms in total. The number of aryl methyl sites for hydroxylation is 2. The second kappa shape index (κ2) is 4.73. The van der Waals surface area contributed by atoms with Gasteiger partial charge in [-0.05, 0) is 37.1 Å². The third-order valence-electron chi connectivity index (χ3n) is 3.06. The Kier molecular flexibility index (Phi) is 3.48. The van der Waals surface area contributed by atoms with Gasteiger partial charge in [-0.15, -0.1) is 0 Å². The third-order valence-corrected chi connectivity index (χ3v) is 3.06. The molecule has 0 aliphatic rings. The van der Waals surface area contributed by atoms with Gasteiger partial charge in [-0.1, -0.05) is 12.1 Å². The second-order valence-corrected chi connectivity index (χ2v) is 4.11. The summed E-state index contributed by atoms with van der Waals surface area (Å²) in [5, 5.41) is 2.38. The molecule has 0 aliphatic heterocycles. The quantitative estimate of drug-likeness (QED) is 0.440. The molecule has 0 spiro atoms. The van der Waals surface area contributed by atoms with Crippen LogP contribution < -0.4 is 0 Å². The Morgan fingerprint density at radius 3 is 1.53 bits per heavy atom. The summed E-state index contributed by atoms with van der Waals surface area (Å²) in [5.41, 5.74) is 4.49. The summed E-state index contributed by atoms with van der Waals surface area (Å²) in [5.74, 6) is 0. The van der Waals surface area contributed by atoms with Gasteiger partial charge < -0.3 is 0 Å². The number of hydrogen-bond acceptors (Lipinski definition) is 2. The zero-order valence-electron chi connectivity index (χ0n) is 9.36. The molecule has 80 valence electrons. The molecule has 0 fully saturated rings. The van der Waals surface area contributed by atoms with Gasteiger partial charge in [0.15, 0.2) is 0 Å². The van der Waals surface area contributed by atoms with E-state index in [1.807, 2.05) is 24.5 Å². The van der Waals surface area contributed by atoms with E-state index in [0.29, 0.717) is 0 Å². The van der Waals surface area contributed by atoms with Gasteiger partial charge in [0.2, 0.25) is 0 Å². The van der Waals surface area contributed by atoms with Crippen LogP contribution in [0.15, 0.2) is 36.7 Å². The SMILES string of the molecule is Cc1ccnc2c1ccc1c(C)ccnc12.[NaH]. The van der Waals surface area contributed by atoms with Crippen molar-refractivity contribution in [1.29, 1.82) is 0 Å². The van der Waals surface area contributed by atoms with Crippen LogP contribution in [-0.2, 0) is 0 Å². The Hall–Kier alpha value is -0.960. The van der Waals surface area contributed by atoms with Crippen molar-refractivity contribution < 1.29 is 0 Å². The number of benzene rings is 1. The fourth-order valence-electron chi connectivity index (χ4n) is 2.10. The topological polar surface area (TPSA) is 25.8 Å². The zero-order chi connectivity index (χ0) is 11.1. The van der Waals surface area contributed by atoms with Crippen molar-refractivity contribution in [2.24, 2.45) is 0 Å². The first-order chi connectivity index (χ1) is 7.77. The number of aromatic nitrogens is 2. The maximum absolute atomic E-state index is 4.45. The first-order valence-corrected chi connectivity index (χ1v) is 5.37. The Bertz CT molecular complexity index is 631. The fourth-order valence-corrected chi connectivity index (χ4v) is 2.10. The van der Waals surface area contributed by atoms with E-state index in [-0.39, 0.29) is 29.6 Å². The Morgan fingerprint density at radius 2 is 1.12 bits per heavy atom. The van der Waals surface area contributed by atoms with E-state index < -0.39 is 0 Å². The van der Waals surface area contributed by atoms with Crippen LogP contribution in [0.4, 0.5) is 0 Å². The minimum atomic E-state index is 0. The monoisotopic (exact) mass is 232 g/mol. The molecule has 2 aromatic heterocycles. The van der Waals surface area contributed by atoms with Gasteiger partial charge in [-0.25, -0.2) is 0 Å². The predicted octanol–water partition coefficient (Wildman–Crippen LogP) is 2.75. The summed E-state index contributed by atoms with van der Waals surface area (Å²) >= 11 is 0. The molecular formula is C14H13N2Na. The summed E-state index contributed by atoms with van der Waals surface area (Å²) in [6.45, 7) is 4.21. The molecule has 3 rings (SSSR count). The molecule has 0 N–H and O–H groups in total. The van der Waals surface area contributed by atoms with Gasteiger partial charge in [0.1, 0.15) is 0 Å². The molecule has 2 heterocycles. The average Bonchev–Trinajstić information content (AvgIpc) is 2.30. The molecule has 17 heavy (non-hydrogen) atoms. The molecule has 0 radical (unpaired) electrons. The summed E-state index contributed by atoms with van der Waals surface area (Å²) in [7, 11) is 0. The molecule has 3 aromatic rings. The van der Waals surface area contributed by atoms with Gasteiger partial charge in [-0.3, -0.25) is 9.97 Å². The van der Waals surface area contributed by atoms with Gasteiger partial charge in [0.05, 0.1) is 11.0 Å². The van der Waals surface area contributed by atoms with Crippen LogP contribution in [0.3, 0.4) is 0 Å². The molecule has 1 aromatic carbocycles. The number of hydrogen-bond donors (Lipinski definition) is 0. The van der Waals surface area contributed by atoms with Gasteiger partial charge in [-0.2, -0.15) is 0 Å². The zero-order valence-corrected chi connectivity index (χ0v) is 9.36. The second-order valence-electron chi connectivity index (χ2n) is 4.11. The Labute approximate surface area is 122 Å². The molecule has 0 aliphatic carbocycles. The first-order valence-electron chi connectivity index (χ1n) is 5.37. The van der Waals surface area contributed by atoms with Crippen molar-refractivity contribution in [1.82, 2.24) is 9.97 Å². The number of pyridine rings is 2. The summed E-state index contributed by atoms with van der Waals surface area (Å²) in [6.07, 6.45) is 3.70. The average molecular weight is 232 g/mol. The molecule has 0 atom stereocenters. The summed E-state index contributed by atoms with van der Waals surface area (Å²) in [6, 6.07) is 8.33. The molecule has 0 unspecified atom stereocenters. The van der Waals surface area contributed by atoms with Crippen LogP contribution in [0, 0.1) is 13.8 Å². The molecular weight excluding hydrogens is 219 g/mol. The van der Waals surface area contributed by atoms with Crippen molar-refractivity contribution in [2.75, 3.05) is 0 Å². The normalized spacial score (nSPS) is 10.5. The van der Waals surface area contributed by atoms with Gasteiger partial charge in [0, 0.05) is 23.2 Å². The molecule has 3 heteroatoms. The summed E-state index contributed by atoms with van der Waals surface area (Å²) < 4.78 is 0. The van der Waals surface area contributed by atoms with E-state index in [1.54, 1.807) is 0 Å². The molecule has 0 saturated carbocycles. The fraction of sp³-hybridized carbons (Fsp3) is 0.143. The van der Waals surface area contributed by atoms with Gasteiger partial charge in [0.25, 0.3) is 0 Å². The van der Waals surface area contributed by atoms with Crippen molar-refractivity contribution in [3.8, 4) is 0 Å². The van der Waals surface area contributed by atoms with E-state index in [2.05, 4.69) is 35.9 Å². The van der Waals surface area contributed by atoms with Crippen LogP contribution in [0.1, 0.15) is 11.1 Å². The van der Waals surface area contributed by atoms with Crippen LogP contribution >= 0.6 is 0 Å². The van der Waals surface area contributed by atoms with E-state index in [9.17, 15) is 0 Å². The molecule has 0 saturated heterocycles. The first kappa shape index (κ1) is 12.5. The van der Waals surface area contributed by atoms with E-state index in [0.717, 1.165) is 11.0 Å². The Balaban J connectivity index is 0.00000108. The maximum atomic E-state index is 4.45. The van der Waals surface area contributed by atoms with Crippen molar-refractivity contribution >= 4 is 51.4 Å². The Morgan fingerprint density at radius 1 is 0.706 bits per heavy atom. The van der Waals surface area contributed by atoms with E-state index >= 15 is 0 Å². The molecule has 0 bridgehead atoms. The van der Waals surface area contributed by atoms with Gasteiger partial charge >= 0.3 is 29.6 Å². The van der Waals surface area contributed by atoms with Crippen molar-refractivity contribution in [3.63, 3.8) is 0 Å².